The molecule has 0 saturated carbocycles. The number of ether oxygens (including phenoxy) is 1. The molecular weight excluding hydrogens is 438 g/mol. The Morgan fingerprint density at radius 3 is 3.00 bits per heavy atom. The summed E-state index contributed by atoms with van der Waals surface area (Å²) in [6.07, 6.45) is -0.174. The van der Waals surface area contributed by atoms with Gasteiger partial charge in [0.2, 0.25) is 0 Å². The first-order chi connectivity index (χ1) is 15.0. The minimum absolute atomic E-state index is 0.137. The third-order valence-electron chi connectivity index (χ3n) is 5.38. The summed E-state index contributed by atoms with van der Waals surface area (Å²) in [6.45, 7) is 3.12. The molecule has 3 aromatic rings. The number of carbonyl (C=O) groups is 2. The number of nitrogens with zero attached hydrogens (tertiary/aromatic N) is 1. The zero-order chi connectivity index (χ0) is 21.5. The van der Waals surface area contributed by atoms with Crippen molar-refractivity contribution < 1.29 is 18.7 Å². The number of carbonyl (C=O) groups excluding carboxylic acids is 2. The third kappa shape index (κ3) is 3.66. The van der Waals surface area contributed by atoms with Crippen LogP contribution in [0.5, 0.6) is 0 Å². The van der Waals surface area contributed by atoms with Gasteiger partial charge in [-0.05, 0) is 43.2 Å². The van der Waals surface area contributed by atoms with Crippen LogP contribution in [0.25, 0.3) is 11.3 Å². The highest BCUT2D eigenvalue weighted by Crippen LogP contribution is 2.41. The number of hydrogen-bond acceptors (Lipinski definition) is 6. The van der Waals surface area contributed by atoms with Crippen LogP contribution in [0.15, 0.2) is 40.8 Å². The lowest BCUT2D eigenvalue weighted by Gasteiger charge is -2.27. The first kappa shape index (κ1) is 20.0. The number of anilines is 1. The van der Waals surface area contributed by atoms with Crippen LogP contribution in [0.3, 0.4) is 0 Å². The molecule has 7 nitrogen and oxygen atoms in total. The lowest BCUT2D eigenvalue weighted by molar-refractivity contribution is 0.0929. The van der Waals surface area contributed by atoms with Crippen molar-refractivity contribution in [3.05, 3.63) is 63.2 Å². The molecule has 0 saturated heterocycles. The van der Waals surface area contributed by atoms with Gasteiger partial charge in [-0.2, -0.15) is 0 Å². The summed E-state index contributed by atoms with van der Waals surface area (Å²) in [5.41, 5.74) is 2.54. The molecule has 0 bridgehead atoms. The minimum atomic E-state index is -0.478. The molecule has 31 heavy (non-hydrogen) atoms. The molecule has 160 valence electrons. The van der Waals surface area contributed by atoms with Gasteiger partial charge in [0.15, 0.2) is 6.17 Å². The number of fused-ring (bicyclic) bond motifs is 3. The quantitative estimate of drug-likeness (QED) is 0.576. The number of hydrogen-bond donors (Lipinski definition) is 2. The molecule has 0 spiro atoms. The van der Waals surface area contributed by atoms with Gasteiger partial charge in [0, 0.05) is 22.0 Å². The van der Waals surface area contributed by atoms with Crippen molar-refractivity contribution in [2.45, 2.75) is 26.1 Å². The van der Waals surface area contributed by atoms with E-state index in [1.54, 1.807) is 17.9 Å². The summed E-state index contributed by atoms with van der Waals surface area (Å²) in [5.74, 6) is 1.14. The molecule has 2 N–H and O–H groups in total. The second kappa shape index (κ2) is 7.94. The van der Waals surface area contributed by atoms with E-state index in [0.717, 1.165) is 21.0 Å². The predicted molar refractivity (Wildman–Crippen MR) is 118 cm³/mol. The molecule has 4 heterocycles. The third-order valence-corrected chi connectivity index (χ3v) is 6.76. The molecule has 0 fully saturated rings. The molecule has 2 amide bonds. The van der Waals surface area contributed by atoms with Gasteiger partial charge in [-0.1, -0.05) is 23.7 Å². The number of amides is 2. The average Bonchev–Trinajstić information content (AvgIpc) is 3.38. The van der Waals surface area contributed by atoms with Crippen LogP contribution in [-0.4, -0.2) is 30.1 Å². The van der Waals surface area contributed by atoms with E-state index in [2.05, 4.69) is 10.6 Å². The van der Waals surface area contributed by atoms with Crippen LogP contribution in [0, 0.1) is 0 Å². The predicted octanol–water partition coefficient (Wildman–Crippen LogP) is 5.03. The molecule has 1 atom stereocenters. The van der Waals surface area contributed by atoms with Crippen LogP contribution < -0.4 is 10.6 Å². The first-order valence-electron chi connectivity index (χ1n) is 10.0. The van der Waals surface area contributed by atoms with E-state index >= 15 is 0 Å². The van der Waals surface area contributed by atoms with E-state index in [4.69, 9.17) is 20.8 Å². The maximum Gasteiger partial charge on any atom is 0.410 e. The average molecular weight is 458 g/mol. The number of furan rings is 1. The highest BCUT2D eigenvalue weighted by molar-refractivity contribution is 7.16. The van der Waals surface area contributed by atoms with Crippen molar-refractivity contribution in [2.24, 2.45) is 0 Å². The van der Waals surface area contributed by atoms with Gasteiger partial charge in [0.05, 0.1) is 18.7 Å². The molecular formula is C22H20ClN3O4S. The van der Waals surface area contributed by atoms with E-state index in [-0.39, 0.29) is 12.0 Å². The Labute approximate surface area is 187 Å². The van der Waals surface area contributed by atoms with Crippen LogP contribution in [0.1, 0.15) is 39.6 Å². The van der Waals surface area contributed by atoms with Gasteiger partial charge in [-0.3, -0.25) is 4.79 Å². The Morgan fingerprint density at radius 1 is 1.32 bits per heavy atom. The Bertz CT molecular complexity index is 1170. The fourth-order valence-electron chi connectivity index (χ4n) is 3.93. The van der Waals surface area contributed by atoms with Crippen LogP contribution >= 0.6 is 22.9 Å². The van der Waals surface area contributed by atoms with Crippen molar-refractivity contribution in [2.75, 3.05) is 18.5 Å². The second-order valence-corrected chi connectivity index (χ2v) is 8.88. The molecule has 9 heteroatoms. The molecule has 2 aliphatic heterocycles. The summed E-state index contributed by atoms with van der Waals surface area (Å²) in [6, 6.07) is 11.1. The first-order valence-corrected chi connectivity index (χ1v) is 11.2. The molecule has 2 aromatic heterocycles. The highest BCUT2D eigenvalue weighted by atomic mass is 35.5. The van der Waals surface area contributed by atoms with E-state index in [1.165, 1.54) is 11.3 Å². The van der Waals surface area contributed by atoms with Gasteiger partial charge >= 0.3 is 6.09 Å². The molecule has 5 rings (SSSR count). The van der Waals surface area contributed by atoms with Crippen LogP contribution in [-0.2, 0) is 17.7 Å². The van der Waals surface area contributed by atoms with Gasteiger partial charge in [-0.15, -0.1) is 11.3 Å². The number of halogens is 1. The second-order valence-electron chi connectivity index (χ2n) is 7.34. The Balaban J connectivity index is 1.38. The maximum absolute atomic E-state index is 12.9. The monoisotopic (exact) mass is 457 g/mol. The fourth-order valence-corrected chi connectivity index (χ4v) is 5.41. The summed E-state index contributed by atoms with van der Waals surface area (Å²) in [4.78, 5) is 27.7. The van der Waals surface area contributed by atoms with E-state index in [9.17, 15) is 9.59 Å². The normalized spacial score (nSPS) is 17.4. The molecule has 0 aliphatic carbocycles. The topological polar surface area (TPSA) is 83.8 Å². The van der Waals surface area contributed by atoms with Gasteiger partial charge in [-0.25, -0.2) is 4.79 Å². The lowest BCUT2D eigenvalue weighted by atomic mass is 10.0. The largest absolute Gasteiger partial charge is 0.457 e. The summed E-state index contributed by atoms with van der Waals surface area (Å²) in [5, 5.41) is 7.79. The Kier molecular flexibility index (Phi) is 5.11. The van der Waals surface area contributed by atoms with Gasteiger partial charge in [0.1, 0.15) is 16.5 Å². The lowest BCUT2D eigenvalue weighted by Crippen LogP contribution is -2.39. The standard InChI is InChI=1S/C22H20ClN3O4S/c1-2-29-22(28)26-9-8-14-17(11-26)31-21-18(14)20(27)24-19(25-21)16-7-6-15(30-16)12-4-3-5-13(23)10-12/h3-7,10,19,25H,2,8-9,11H2,1H3,(H,24,27)/t19-/m1/s1. The summed E-state index contributed by atoms with van der Waals surface area (Å²) < 4.78 is 11.1. The number of thiophene rings is 1. The van der Waals surface area contributed by atoms with Gasteiger partial charge in [0.25, 0.3) is 5.91 Å². The molecule has 0 radical (unpaired) electrons. The molecule has 0 unspecified atom stereocenters. The van der Waals surface area contributed by atoms with Crippen molar-refractivity contribution >= 4 is 39.9 Å². The van der Waals surface area contributed by atoms with E-state index in [0.29, 0.717) is 48.2 Å². The van der Waals surface area contributed by atoms with Crippen molar-refractivity contribution in [1.82, 2.24) is 10.2 Å². The maximum atomic E-state index is 12.9. The number of nitrogens with one attached hydrogen (secondary N) is 2. The summed E-state index contributed by atoms with van der Waals surface area (Å²) in [7, 11) is 0. The Hall–Kier alpha value is -2.97. The van der Waals surface area contributed by atoms with Crippen molar-refractivity contribution in [3.63, 3.8) is 0 Å². The van der Waals surface area contributed by atoms with E-state index in [1.807, 2.05) is 30.3 Å². The van der Waals surface area contributed by atoms with Crippen LogP contribution in [0.4, 0.5) is 9.80 Å². The fraction of sp³-hybridized carbons (Fsp3) is 0.273. The smallest absolute Gasteiger partial charge is 0.410 e. The zero-order valence-electron chi connectivity index (χ0n) is 16.7. The highest BCUT2D eigenvalue weighted by Gasteiger charge is 2.35. The van der Waals surface area contributed by atoms with E-state index < -0.39 is 6.17 Å². The van der Waals surface area contributed by atoms with Crippen molar-refractivity contribution in [1.29, 1.82) is 0 Å². The Morgan fingerprint density at radius 2 is 2.19 bits per heavy atom. The zero-order valence-corrected chi connectivity index (χ0v) is 18.3. The molecule has 2 aliphatic rings. The van der Waals surface area contributed by atoms with Crippen LogP contribution in [0.2, 0.25) is 5.02 Å². The van der Waals surface area contributed by atoms with Crippen molar-refractivity contribution in [3.8, 4) is 11.3 Å². The van der Waals surface area contributed by atoms with Gasteiger partial charge < -0.3 is 24.7 Å². The molecule has 1 aromatic carbocycles. The minimum Gasteiger partial charge on any atom is -0.457 e. The summed E-state index contributed by atoms with van der Waals surface area (Å²) >= 11 is 7.58. The number of benzene rings is 1. The number of rotatable bonds is 3. The SMILES string of the molecule is CCOC(=O)N1CCc2c(sc3c2C(=O)N[C@@H](c2ccc(-c4cccc(Cl)c4)o2)N3)C1.